The minimum Gasteiger partial charge on any atom is -0.465 e. The van der Waals surface area contributed by atoms with Crippen molar-refractivity contribution >= 4 is 17.9 Å². The minimum absolute atomic E-state index is 0.0231. The van der Waals surface area contributed by atoms with Crippen molar-refractivity contribution in [1.29, 1.82) is 0 Å². The number of unbranched alkanes of at least 4 members (excludes halogenated alkanes) is 1. The number of imide groups is 1. The molecule has 3 amide bonds. The van der Waals surface area contributed by atoms with Gasteiger partial charge in [-0.15, -0.1) is 6.58 Å². The maximum Gasteiger partial charge on any atom is 0.321 e. The number of nitrogens with one attached hydrogen (secondary N) is 2. The molecule has 0 fully saturated rings. The van der Waals surface area contributed by atoms with Gasteiger partial charge < -0.3 is 10.1 Å². The van der Waals surface area contributed by atoms with Gasteiger partial charge in [0.1, 0.15) is 0 Å². The van der Waals surface area contributed by atoms with Crippen LogP contribution in [-0.4, -0.2) is 55.6 Å². The number of esters is 1. The lowest BCUT2D eigenvalue weighted by Gasteiger charge is -2.18. The quantitative estimate of drug-likeness (QED) is 0.351. The third kappa shape index (κ3) is 10.5. The molecule has 0 aliphatic carbocycles. The molecule has 0 radical (unpaired) electrons. The average Bonchev–Trinajstić information content (AvgIpc) is 2.39. The predicted molar refractivity (Wildman–Crippen MR) is 79.7 cm³/mol. The standard InChI is InChI=1S/C14H25N3O4/c1-4-7-8-15-14(20)16-12(18)10-17(9-5-2)11-13(19)21-6-3/h5H,2,4,6-11H2,1,3H3,(H2,15,16,18,20). The third-order valence-corrected chi connectivity index (χ3v) is 2.48. The molecule has 0 rings (SSSR count). The van der Waals surface area contributed by atoms with E-state index in [1.54, 1.807) is 17.9 Å². The molecular formula is C14H25N3O4. The maximum absolute atomic E-state index is 11.7. The van der Waals surface area contributed by atoms with Crippen molar-refractivity contribution in [2.24, 2.45) is 0 Å². The fourth-order valence-corrected chi connectivity index (χ4v) is 1.55. The summed E-state index contributed by atoms with van der Waals surface area (Å²) >= 11 is 0. The summed E-state index contributed by atoms with van der Waals surface area (Å²) in [6.45, 7) is 8.34. The Kier molecular flexibility index (Phi) is 10.8. The summed E-state index contributed by atoms with van der Waals surface area (Å²) in [7, 11) is 0. The maximum atomic E-state index is 11.7. The molecule has 0 saturated carbocycles. The van der Waals surface area contributed by atoms with Crippen LogP contribution in [0.2, 0.25) is 0 Å². The summed E-state index contributed by atoms with van der Waals surface area (Å²) in [6.07, 6.45) is 3.39. The van der Waals surface area contributed by atoms with Crippen molar-refractivity contribution in [3.8, 4) is 0 Å². The van der Waals surface area contributed by atoms with E-state index in [2.05, 4.69) is 17.2 Å². The number of carbonyl (C=O) groups is 3. The first-order valence-corrected chi connectivity index (χ1v) is 7.10. The lowest BCUT2D eigenvalue weighted by Crippen LogP contribution is -2.45. The second-order valence-electron chi connectivity index (χ2n) is 4.42. The monoisotopic (exact) mass is 299 g/mol. The fraction of sp³-hybridized carbons (Fsp3) is 0.643. The molecule has 0 bridgehead atoms. The molecule has 0 spiro atoms. The summed E-state index contributed by atoms with van der Waals surface area (Å²) < 4.78 is 4.82. The lowest BCUT2D eigenvalue weighted by molar-refractivity contribution is -0.144. The number of amides is 3. The summed E-state index contributed by atoms with van der Waals surface area (Å²) in [5.41, 5.74) is 0. The molecule has 0 unspecified atom stereocenters. The molecule has 0 atom stereocenters. The largest absolute Gasteiger partial charge is 0.465 e. The summed E-state index contributed by atoms with van der Waals surface area (Å²) in [4.78, 5) is 36.1. The Morgan fingerprint density at radius 1 is 1.24 bits per heavy atom. The molecule has 0 aliphatic rings. The van der Waals surface area contributed by atoms with E-state index in [1.807, 2.05) is 6.92 Å². The zero-order valence-corrected chi connectivity index (χ0v) is 12.8. The summed E-state index contributed by atoms with van der Waals surface area (Å²) in [6, 6.07) is -0.525. The topological polar surface area (TPSA) is 87.7 Å². The Balaban J connectivity index is 4.18. The normalized spacial score (nSPS) is 10.0. The number of hydrogen-bond donors (Lipinski definition) is 2. The van der Waals surface area contributed by atoms with Crippen LogP contribution in [0, 0.1) is 0 Å². The van der Waals surface area contributed by atoms with Gasteiger partial charge in [0.25, 0.3) is 0 Å². The van der Waals surface area contributed by atoms with Gasteiger partial charge in [0.2, 0.25) is 5.91 Å². The van der Waals surface area contributed by atoms with Gasteiger partial charge in [-0.25, -0.2) is 4.79 Å². The number of nitrogens with zero attached hydrogens (tertiary/aromatic N) is 1. The number of urea groups is 1. The van der Waals surface area contributed by atoms with Crippen LogP contribution < -0.4 is 10.6 Å². The van der Waals surface area contributed by atoms with E-state index in [4.69, 9.17) is 4.74 Å². The molecule has 7 nitrogen and oxygen atoms in total. The van der Waals surface area contributed by atoms with Crippen molar-refractivity contribution in [2.75, 3.05) is 32.8 Å². The van der Waals surface area contributed by atoms with Crippen molar-refractivity contribution in [3.05, 3.63) is 12.7 Å². The fourth-order valence-electron chi connectivity index (χ4n) is 1.55. The molecule has 0 heterocycles. The van der Waals surface area contributed by atoms with Gasteiger partial charge in [-0.3, -0.25) is 19.8 Å². The zero-order valence-electron chi connectivity index (χ0n) is 12.8. The third-order valence-electron chi connectivity index (χ3n) is 2.48. The second-order valence-corrected chi connectivity index (χ2v) is 4.42. The van der Waals surface area contributed by atoms with E-state index in [0.717, 1.165) is 12.8 Å². The van der Waals surface area contributed by atoms with Gasteiger partial charge in [0.15, 0.2) is 0 Å². The molecule has 2 N–H and O–H groups in total. The molecule has 0 aromatic carbocycles. The van der Waals surface area contributed by atoms with Crippen LogP contribution in [0.5, 0.6) is 0 Å². The molecule has 21 heavy (non-hydrogen) atoms. The van der Waals surface area contributed by atoms with Crippen molar-refractivity contribution in [1.82, 2.24) is 15.5 Å². The van der Waals surface area contributed by atoms with Crippen LogP contribution in [-0.2, 0) is 14.3 Å². The van der Waals surface area contributed by atoms with E-state index >= 15 is 0 Å². The van der Waals surface area contributed by atoms with Crippen LogP contribution in [0.4, 0.5) is 4.79 Å². The highest BCUT2D eigenvalue weighted by molar-refractivity contribution is 5.95. The van der Waals surface area contributed by atoms with E-state index in [-0.39, 0.29) is 19.7 Å². The predicted octanol–water partition coefficient (Wildman–Crippen LogP) is 0.663. The molecule has 0 aromatic heterocycles. The van der Waals surface area contributed by atoms with Crippen LogP contribution >= 0.6 is 0 Å². The van der Waals surface area contributed by atoms with Crippen LogP contribution in [0.25, 0.3) is 0 Å². The number of hydrogen-bond acceptors (Lipinski definition) is 5. The first kappa shape index (κ1) is 19.1. The average molecular weight is 299 g/mol. The molecule has 0 saturated heterocycles. The van der Waals surface area contributed by atoms with Gasteiger partial charge in [0, 0.05) is 13.1 Å². The SMILES string of the molecule is C=CCN(CC(=O)NC(=O)NCCCC)CC(=O)OCC. The number of carbonyl (C=O) groups excluding carboxylic acids is 3. The van der Waals surface area contributed by atoms with Gasteiger partial charge in [0.05, 0.1) is 19.7 Å². The lowest BCUT2D eigenvalue weighted by atomic mass is 10.3. The Bertz CT molecular complexity index is 358. The van der Waals surface area contributed by atoms with Crippen molar-refractivity contribution in [3.63, 3.8) is 0 Å². The van der Waals surface area contributed by atoms with E-state index in [1.165, 1.54) is 0 Å². The van der Waals surface area contributed by atoms with Gasteiger partial charge in [-0.1, -0.05) is 19.4 Å². The number of rotatable bonds is 10. The molecule has 0 aromatic rings. The van der Waals surface area contributed by atoms with Gasteiger partial charge in [-0.05, 0) is 13.3 Å². The van der Waals surface area contributed by atoms with Crippen molar-refractivity contribution < 1.29 is 19.1 Å². The zero-order chi connectivity index (χ0) is 16.1. The van der Waals surface area contributed by atoms with E-state index < -0.39 is 17.9 Å². The molecular weight excluding hydrogens is 274 g/mol. The highest BCUT2D eigenvalue weighted by Crippen LogP contribution is 1.91. The number of ether oxygens (including phenoxy) is 1. The van der Waals surface area contributed by atoms with Crippen LogP contribution in [0.3, 0.4) is 0 Å². The Morgan fingerprint density at radius 2 is 1.95 bits per heavy atom. The molecule has 0 aliphatic heterocycles. The van der Waals surface area contributed by atoms with Crippen LogP contribution in [0.15, 0.2) is 12.7 Å². The first-order valence-electron chi connectivity index (χ1n) is 7.10. The highest BCUT2D eigenvalue weighted by atomic mass is 16.5. The van der Waals surface area contributed by atoms with E-state index in [0.29, 0.717) is 13.1 Å². The summed E-state index contributed by atoms with van der Waals surface area (Å²) in [5, 5.41) is 4.80. The summed E-state index contributed by atoms with van der Waals surface area (Å²) in [5.74, 6) is -0.894. The highest BCUT2D eigenvalue weighted by Gasteiger charge is 2.15. The minimum atomic E-state index is -0.525. The molecule has 7 heteroatoms. The van der Waals surface area contributed by atoms with Gasteiger partial charge >= 0.3 is 12.0 Å². The smallest absolute Gasteiger partial charge is 0.321 e. The van der Waals surface area contributed by atoms with E-state index in [9.17, 15) is 14.4 Å². The van der Waals surface area contributed by atoms with Crippen molar-refractivity contribution in [2.45, 2.75) is 26.7 Å². The second kappa shape index (κ2) is 11.9. The van der Waals surface area contributed by atoms with Crippen LogP contribution in [0.1, 0.15) is 26.7 Å². The molecule has 120 valence electrons. The Labute approximate surface area is 125 Å². The Morgan fingerprint density at radius 3 is 2.52 bits per heavy atom. The first-order chi connectivity index (χ1) is 10.0. The Hall–Kier alpha value is -1.89. The van der Waals surface area contributed by atoms with Gasteiger partial charge in [-0.2, -0.15) is 0 Å².